The molecule has 0 aromatic heterocycles. The lowest BCUT2D eigenvalue weighted by Gasteiger charge is -2.45. The predicted octanol–water partition coefficient (Wildman–Crippen LogP) is 4.34. The summed E-state index contributed by atoms with van der Waals surface area (Å²) in [7, 11) is 4.29. The van der Waals surface area contributed by atoms with Crippen LogP contribution in [0.3, 0.4) is 0 Å². The van der Waals surface area contributed by atoms with E-state index in [1.165, 1.54) is 11.1 Å². The highest BCUT2D eigenvalue weighted by molar-refractivity contribution is 5.80. The number of nitrogens with two attached hydrogens (primary N) is 1. The van der Waals surface area contributed by atoms with Crippen molar-refractivity contribution in [3.8, 4) is 0 Å². The summed E-state index contributed by atoms with van der Waals surface area (Å²) in [4.78, 5) is 39.6. The van der Waals surface area contributed by atoms with Gasteiger partial charge in [0, 0.05) is 24.5 Å². The van der Waals surface area contributed by atoms with Crippen molar-refractivity contribution in [2.45, 2.75) is 77.0 Å². The quantitative estimate of drug-likeness (QED) is 0.343. The number of hydrogen-bond acceptors (Lipinski definition) is 5. The van der Waals surface area contributed by atoms with E-state index in [1.54, 1.807) is 0 Å². The average Bonchev–Trinajstić information content (AvgIpc) is 2.91. The zero-order chi connectivity index (χ0) is 29.1. The highest BCUT2D eigenvalue weighted by Crippen LogP contribution is 2.36. The molecule has 0 bridgehead atoms. The minimum atomic E-state index is -0.575. The molecule has 0 aliphatic heterocycles. The molecule has 0 saturated heterocycles. The van der Waals surface area contributed by atoms with Crippen molar-refractivity contribution in [2.24, 2.45) is 17.6 Å². The van der Waals surface area contributed by atoms with Gasteiger partial charge in [-0.05, 0) is 76.6 Å². The molecule has 0 radical (unpaired) electrons. The Kier molecular flexibility index (Phi) is 11.6. The number of nitrogens with one attached hydrogen (secondary N) is 2. The van der Waals surface area contributed by atoms with Gasteiger partial charge in [0.15, 0.2) is 0 Å². The fourth-order valence-corrected chi connectivity index (χ4v) is 5.78. The van der Waals surface area contributed by atoms with E-state index in [2.05, 4.69) is 60.8 Å². The lowest BCUT2D eigenvalue weighted by atomic mass is 9.74. The fraction of sp³-hybridized carbons (Fsp3) is 0.531. The third-order valence-electron chi connectivity index (χ3n) is 8.14. The van der Waals surface area contributed by atoms with Crippen LogP contribution in [0.4, 0.5) is 4.79 Å². The molecule has 1 aliphatic rings. The van der Waals surface area contributed by atoms with E-state index >= 15 is 0 Å². The summed E-state index contributed by atoms with van der Waals surface area (Å²) in [5.74, 6) is -1.09. The van der Waals surface area contributed by atoms with Crippen LogP contribution in [0.2, 0.25) is 0 Å². The van der Waals surface area contributed by atoms with Crippen molar-refractivity contribution in [3.63, 3.8) is 0 Å². The van der Waals surface area contributed by atoms with E-state index in [0.717, 1.165) is 37.7 Å². The molecule has 2 aromatic carbocycles. The van der Waals surface area contributed by atoms with E-state index < -0.39 is 17.9 Å². The summed E-state index contributed by atoms with van der Waals surface area (Å²) in [6, 6.07) is 18.2. The van der Waals surface area contributed by atoms with Crippen molar-refractivity contribution in [2.75, 3.05) is 20.6 Å². The molecule has 0 heterocycles. The second kappa shape index (κ2) is 14.8. The fourth-order valence-electron chi connectivity index (χ4n) is 5.78. The Bertz CT molecular complexity index is 1110. The molecular weight excluding hydrogens is 504 g/mol. The average molecular weight is 551 g/mol. The van der Waals surface area contributed by atoms with Crippen molar-refractivity contribution in [1.29, 1.82) is 0 Å². The number of carbonyl (C=O) groups excluding carboxylic acids is 3. The Morgan fingerprint density at radius 2 is 1.73 bits per heavy atom. The van der Waals surface area contributed by atoms with E-state index in [1.807, 2.05) is 37.3 Å². The Balaban J connectivity index is 1.57. The second-order valence-corrected chi connectivity index (χ2v) is 11.7. The molecule has 0 spiro atoms. The summed E-state index contributed by atoms with van der Waals surface area (Å²) < 4.78 is 5.32. The topological polar surface area (TPSA) is 114 Å². The molecule has 1 aliphatic carbocycles. The normalized spacial score (nSPS) is 20.4. The minimum absolute atomic E-state index is 0.0501. The van der Waals surface area contributed by atoms with Crippen LogP contribution in [-0.2, 0) is 27.4 Å². The van der Waals surface area contributed by atoms with Crippen molar-refractivity contribution in [1.82, 2.24) is 15.5 Å². The van der Waals surface area contributed by atoms with Gasteiger partial charge >= 0.3 is 6.09 Å². The van der Waals surface area contributed by atoms with Gasteiger partial charge in [0.2, 0.25) is 11.8 Å². The number of benzene rings is 2. The predicted molar refractivity (Wildman–Crippen MR) is 157 cm³/mol. The van der Waals surface area contributed by atoms with Crippen LogP contribution >= 0.6 is 0 Å². The molecule has 4 N–H and O–H groups in total. The van der Waals surface area contributed by atoms with Gasteiger partial charge in [0.25, 0.3) is 0 Å². The summed E-state index contributed by atoms with van der Waals surface area (Å²) in [5.41, 5.74) is 8.93. The van der Waals surface area contributed by atoms with Crippen LogP contribution in [0.5, 0.6) is 0 Å². The van der Waals surface area contributed by atoms with Gasteiger partial charge in [0.05, 0.1) is 5.92 Å². The van der Waals surface area contributed by atoms with Gasteiger partial charge in [0.1, 0.15) is 6.61 Å². The molecule has 3 rings (SSSR count). The Morgan fingerprint density at radius 3 is 2.35 bits per heavy atom. The third-order valence-corrected chi connectivity index (χ3v) is 8.14. The highest BCUT2D eigenvalue weighted by atomic mass is 16.5. The monoisotopic (exact) mass is 550 g/mol. The van der Waals surface area contributed by atoms with Gasteiger partial charge in [-0.15, -0.1) is 0 Å². The van der Waals surface area contributed by atoms with Crippen molar-refractivity contribution >= 4 is 17.9 Å². The molecule has 8 nitrogen and oxygen atoms in total. The first-order valence-electron chi connectivity index (χ1n) is 14.3. The molecule has 1 fully saturated rings. The largest absolute Gasteiger partial charge is 0.445 e. The first kappa shape index (κ1) is 31.1. The third kappa shape index (κ3) is 9.66. The standard InChI is InChI=1S/C32H46N4O4/c1-23-9-8-12-26(17-23)20-32(36(3)4)15-13-28(14-16-32)35-30(38)27(18-24(2)19-29(33)37)21-34-31(39)40-22-25-10-6-5-7-11-25/h5-12,17,24,27-28H,13-16,18-22H2,1-4H3,(H2,33,37)(H,34,39)(H,35,38). The molecule has 218 valence electrons. The zero-order valence-corrected chi connectivity index (χ0v) is 24.4. The lowest BCUT2D eigenvalue weighted by molar-refractivity contribution is -0.127. The van der Waals surface area contributed by atoms with E-state index in [4.69, 9.17) is 10.5 Å². The SMILES string of the molecule is Cc1cccc(CC2(N(C)C)CCC(NC(=O)C(CNC(=O)OCc3ccccc3)CC(C)CC(N)=O)CC2)c1. The Morgan fingerprint density at radius 1 is 1.05 bits per heavy atom. The smallest absolute Gasteiger partial charge is 0.407 e. The van der Waals surface area contributed by atoms with Crippen LogP contribution in [0.1, 0.15) is 62.1 Å². The van der Waals surface area contributed by atoms with Crippen LogP contribution < -0.4 is 16.4 Å². The molecule has 2 aromatic rings. The van der Waals surface area contributed by atoms with Crippen LogP contribution in [0.25, 0.3) is 0 Å². The minimum Gasteiger partial charge on any atom is -0.445 e. The van der Waals surface area contributed by atoms with Gasteiger partial charge in [-0.1, -0.05) is 67.1 Å². The molecule has 2 unspecified atom stereocenters. The number of aryl methyl sites for hydroxylation is 1. The van der Waals surface area contributed by atoms with E-state index in [-0.39, 0.29) is 43.0 Å². The molecule has 2 atom stereocenters. The van der Waals surface area contributed by atoms with Crippen LogP contribution in [-0.4, -0.2) is 55.0 Å². The zero-order valence-electron chi connectivity index (χ0n) is 24.4. The van der Waals surface area contributed by atoms with Gasteiger partial charge in [-0.3, -0.25) is 9.59 Å². The Hall–Kier alpha value is -3.39. The summed E-state index contributed by atoms with van der Waals surface area (Å²) in [6.45, 7) is 4.30. The first-order valence-corrected chi connectivity index (χ1v) is 14.3. The summed E-state index contributed by atoms with van der Waals surface area (Å²) in [6.07, 6.45) is 4.75. The van der Waals surface area contributed by atoms with E-state index in [0.29, 0.717) is 6.42 Å². The molecule has 40 heavy (non-hydrogen) atoms. The maximum Gasteiger partial charge on any atom is 0.407 e. The molecular formula is C32H46N4O4. The number of ether oxygens (including phenoxy) is 1. The maximum absolute atomic E-state index is 13.4. The molecule has 8 heteroatoms. The highest BCUT2D eigenvalue weighted by Gasteiger charge is 2.38. The van der Waals surface area contributed by atoms with Gasteiger partial charge < -0.3 is 26.0 Å². The van der Waals surface area contributed by atoms with Crippen LogP contribution in [0, 0.1) is 18.8 Å². The first-order chi connectivity index (χ1) is 19.1. The maximum atomic E-state index is 13.4. The number of primary amides is 1. The van der Waals surface area contributed by atoms with E-state index in [9.17, 15) is 14.4 Å². The molecule has 1 saturated carbocycles. The van der Waals surface area contributed by atoms with Gasteiger partial charge in [-0.2, -0.15) is 0 Å². The number of likely N-dealkylation sites (N-methyl/N-ethyl adjacent to an activating group) is 1. The number of hydrogen-bond donors (Lipinski definition) is 3. The lowest BCUT2D eigenvalue weighted by Crippen LogP contribution is -2.53. The number of rotatable bonds is 13. The summed E-state index contributed by atoms with van der Waals surface area (Å²) in [5, 5.41) is 5.99. The van der Waals surface area contributed by atoms with Crippen molar-refractivity contribution < 1.29 is 19.1 Å². The van der Waals surface area contributed by atoms with Crippen molar-refractivity contribution in [3.05, 3.63) is 71.3 Å². The van der Waals surface area contributed by atoms with Crippen LogP contribution in [0.15, 0.2) is 54.6 Å². The Labute approximate surface area is 239 Å². The molecule has 3 amide bonds. The number of carbonyl (C=O) groups is 3. The number of alkyl carbamates (subject to hydrolysis) is 1. The summed E-state index contributed by atoms with van der Waals surface area (Å²) >= 11 is 0. The second-order valence-electron chi connectivity index (χ2n) is 11.7. The van der Waals surface area contributed by atoms with Gasteiger partial charge in [-0.25, -0.2) is 4.79 Å². The number of nitrogens with zero attached hydrogens (tertiary/aromatic N) is 1. The number of amides is 3.